The Morgan fingerprint density at radius 2 is 1.64 bits per heavy atom. The highest BCUT2D eigenvalue weighted by Gasteiger charge is 2.43. The van der Waals surface area contributed by atoms with E-state index in [2.05, 4.69) is 0 Å². The molecule has 0 amide bonds. The standard InChI is InChI=1S/C23H16Cl2N4O4/c1-32-22(30)18-17(12-6-4-3-5-7-12)14(11-27)21(28)29(20(18)23(31)33-2)16-9-8-15(24)19(25)13(16)10-26/h3-9,17H,28H2,1-2H3. The van der Waals surface area contributed by atoms with Crippen LogP contribution in [0.5, 0.6) is 0 Å². The number of halogens is 2. The number of hydrogen-bond donors (Lipinski definition) is 1. The third-order valence-corrected chi connectivity index (χ3v) is 5.84. The number of anilines is 1. The summed E-state index contributed by atoms with van der Waals surface area (Å²) < 4.78 is 9.91. The molecule has 1 aliphatic rings. The van der Waals surface area contributed by atoms with Crippen molar-refractivity contribution in [3.05, 3.63) is 86.3 Å². The molecule has 2 aromatic rings. The van der Waals surface area contributed by atoms with E-state index in [4.69, 9.17) is 38.4 Å². The lowest BCUT2D eigenvalue weighted by atomic mass is 9.80. The van der Waals surface area contributed by atoms with Gasteiger partial charge in [-0.2, -0.15) is 10.5 Å². The average molecular weight is 483 g/mol. The van der Waals surface area contributed by atoms with E-state index >= 15 is 0 Å². The van der Waals surface area contributed by atoms with E-state index in [-0.39, 0.29) is 44.0 Å². The molecule has 3 rings (SSSR count). The van der Waals surface area contributed by atoms with Crippen molar-refractivity contribution in [3.8, 4) is 12.1 Å². The monoisotopic (exact) mass is 482 g/mol. The fourth-order valence-corrected chi connectivity index (χ4v) is 3.96. The summed E-state index contributed by atoms with van der Waals surface area (Å²) in [6.07, 6.45) is 0. The smallest absolute Gasteiger partial charge is 0.355 e. The fourth-order valence-electron chi connectivity index (χ4n) is 3.60. The van der Waals surface area contributed by atoms with Crippen LogP contribution in [-0.4, -0.2) is 26.2 Å². The van der Waals surface area contributed by atoms with Gasteiger partial charge in [0.2, 0.25) is 0 Å². The molecule has 1 atom stereocenters. The summed E-state index contributed by atoms with van der Waals surface area (Å²) in [5, 5.41) is 19.8. The largest absolute Gasteiger partial charge is 0.466 e. The molecule has 1 heterocycles. The molecule has 0 bridgehead atoms. The summed E-state index contributed by atoms with van der Waals surface area (Å²) in [7, 11) is 2.27. The summed E-state index contributed by atoms with van der Waals surface area (Å²) in [4.78, 5) is 27.1. The number of methoxy groups -OCH3 is 2. The minimum atomic E-state index is -1.03. The molecule has 0 fully saturated rings. The summed E-state index contributed by atoms with van der Waals surface area (Å²) in [5.74, 6) is -3.03. The van der Waals surface area contributed by atoms with Crippen molar-refractivity contribution in [2.75, 3.05) is 19.1 Å². The number of esters is 2. The van der Waals surface area contributed by atoms with Gasteiger partial charge < -0.3 is 15.2 Å². The molecule has 2 aromatic carbocycles. The van der Waals surface area contributed by atoms with E-state index in [9.17, 15) is 20.1 Å². The van der Waals surface area contributed by atoms with Crippen molar-refractivity contribution in [2.24, 2.45) is 5.73 Å². The van der Waals surface area contributed by atoms with Gasteiger partial charge in [0.05, 0.1) is 58.6 Å². The third-order valence-electron chi connectivity index (χ3n) is 5.04. The Balaban J connectivity index is 2.49. The van der Waals surface area contributed by atoms with E-state index in [1.54, 1.807) is 30.3 Å². The number of nitriles is 2. The Kier molecular flexibility index (Phi) is 6.93. The van der Waals surface area contributed by atoms with Crippen LogP contribution in [0.15, 0.2) is 65.1 Å². The molecule has 33 heavy (non-hydrogen) atoms. The first-order valence-corrected chi connectivity index (χ1v) is 10.1. The molecule has 1 unspecified atom stereocenters. The van der Waals surface area contributed by atoms with Crippen molar-refractivity contribution in [1.29, 1.82) is 10.5 Å². The zero-order valence-corrected chi connectivity index (χ0v) is 18.9. The van der Waals surface area contributed by atoms with Crippen LogP contribution in [0.3, 0.4) is 0 Å². The molecule has 0 saturated heterocycles. The van der Waals surface area contributed by atoms with Gasteiger partial charge >= 0.3 is 11.9 Å². The number of nitrogens with zero attached hydrogens (tertiary/aromatic N) is 3. The van der Waals surface area contributed by atoms with Gasteiger partial charge in [0.1, 0.15) is 17.6 Å². The second-order valence-corrected chi connectivity index (χ2v) is 7.49. The summed E-state index contributed by atoms with van der Waals surface area (Å²) in [6.45, 7) is 0. The van der Waals surface area contributed by atoms with Crippen LogP contribution in [0, 0.1) is 22.7 Å². The zero-order chi connectivity index (χ0) is 24.3. The second-order valence-electron chi connectivity index (χ2n) is 6.70. The van der Waals surface area contributed by atoms with E-state index in [1.165, 1.54) is 12.1 Å². The Hall–Kier alpha value is -3.98. The zero-order valence-electron chi connectivity index (χ0n) is 17.4. The number of ether oxygens (including phenoxy) is 2. The molecule has 0 saturated carbocycles. The number of allylic oxidation sites excluding steroid dienone is 1. The first-order chi connectivity index (χ1) is 15.8. The number of carbonyl (C=O) groups is 2. The lowest BCUT2D eigenvalue weighted by Crippen LogP contribution is -2.41. The lowest BCUT2D eigenvalue weighted by Gasteiger charge is -2.36. The van der Waals surface area contributed by atoms with Crippen LogP contribution in [0.4, 0.5) is 5.69 Å². The third kappa shape index (κ3) is 3.98. The molecule has 0 radical (unpaired) electrons. The predicted molar refractivity (Wildman–Crippen MR) is 121 cm³/mol. The Labute approximate surface area is 199 Å². The highest BCUT2D eigenvalue weighted by molar-refractivity contribution is 6.43. The first kappa shape index (κ1) is 23.7. The highest BCUT2D eigenvalue weighted by Crippen LogP contribution is 2.45. The topological polar surface area (TPSA) is 129 Å². The summed E-state index contributed by atoms with van der Waals surface area (Å²) in [5.41, 5.74) is 6.30. The van der Waals surface area contributed by atoms with Crippen molar-refractivity contribution in [1.82, 2.24) is 0 Å². The van der Waals surface area contributed by atoms with Gasteiger partial charge in [0.25, 0.3) is 0 Å². The van der Waals surface area contributed by atoms with E-state index < -0.39 is 17.9 Å². The molecule has 1 aliphatic heterocycles. The maximum atomic E-state index is 13.0. The van der Waals surface area contributed by atoms with E-state index in [0.29, 0.717) is 5.56 Å². The molecule has 10 heteroatoms. The Morgan fingerprint density at radius 1 is 1.00 bits per heavy atom. The average Bonchev–Trinajstić information content (AvgIpc) is 2.84. The number of carbonyl (C=O) groups excluding carboxylic acids is 2. The van der Waals surface area contributed by atoms with Gasteiger partial charge in [-0.05, 0) is 17.7 Å². The van der Waals surface area contributed by atoms with Crippen molar-refractivity contribution in [3.63, 3.8) is 0 Å². The van der Waals surface area contributed by atoms with Crippen LogP contribution in [0.1, 0.15) is 17.0 Å². The van der Waals surface area contributed by atoms with Gasteiger partial charge in [-0.3, -0.25) is 4.90 Å². The van der Waals surface area contributed by atoms with E-state index in [1.807, 2.05) is 12.1 Å². The van der Waals surface area contributed by atoms with Crippen LogP contribution < -0.4 is 10.6 Å². The number of rotatable bonds is 4. The number of hydrogen-bond acceptors (Lipinski definition) is 8. The minimum Gasteiger partial charge on any atom is -0.466 e. The van der Waals surface area contributed by atoms with Crippen molar-refractivity contribution >= 4 is 40.8 Å². The molecule has 2 N–H and O–H groups in total. The van der Waals surface area contributed by atoms with Crippen LogP contribution in [-0.2, 0) is 19.1 Å². The van der Waals surface area contributed by atoms with Gasteiger partial charge in [-0.1, -0.05) is 53.5 Å². The number of benzene rings is 2. The lowest BCUT2D eigenvalue weighted by molar-refractivity contribution is -0.139. The summed E-state index contributed by atoms with van der Waals surface area (Å²) >= 11 is 12.3. The molecule has 0 spiro atoms. The molecular formula is C23H16Cl2N4O4. The van der Waals surface area contributed by atoms with E-state index in [0.717, 1.165) is 19.1 Å². The quantitative estimate of drug-likeness (QED) is 0.651. The maximum Gasteiger partial charge on any atom is 0.355 e. The second kappa shape index (κ2) is 9.66. The van der Waals surface area contributed by atoms with Crippen LogP contribution >= 0.6 is 23.2 Å². The molecule has 166 valence electrons. The van der Waals surface area contributed by atoms with Crippen LogP contribution in [0.25, 0.3) is 0 Å². The molecule has 0 aliphatic carbocycles. The Morgan fingerprint density at radius 3 is 2.18 bits per heavy atom. The number of nitrogens with two attached hydrogens (primary N) is 1. The van der Waals surface area contributed by atoms with Gasteiger partial charge in [0, 0.05) is 0 Å². The van der Waals surface area contributed by atoms with Gasteiger partial charge in [-0.25, -0.2) is 9.59 Å². The van der Waals surface area contributed by atoms with Gasteiger partial charge in [0.15, 0.2) is 0 Å². The normalized spacial score (nSPS) is 15.6. The Bertz CT molecular complexity index is 1290. The first-order valence-electron chi connectivity index (χ1n) is 9.36. The van der Waals surface area contributed by atoms with Crippen molar-refractivity contribution in [2.45, 2.75) is 5.92 Å². The highest BCUT2D eigenvalue weighted by atomic mass is 35.5. The summed E-state index contributed by atoms with van der Waals surface area (Å²) in [6, 6.07) is 15.3. The maximum absolute atomic E-state index is 13.0. The minimum absolute atomic E-state index is 0.0328. The van der Waals surface area contributed by atoms with Crippen molar-refractivity contribution < 1.29 is 19.1 Å². The van der Waals surface area contributed by atoms with Gasteiger partial charge in [-0.15, -0.1) is 0 Å². The predicted octanol–water partition coefficient (Wildman–Crippen LogP) is 3.76. The van der Waals surface area contributed by atoms with Crippen LogP contribution in [0.2, 0.25) is 10.0 Å². The fraction of sp³-hybridized carbons (Fsp3) is 0.130. The molecule has 0 aromatic heterocycles. The molecule has 8 nitrogen and oxygen atoms in total. The molecular weight excluding hydrogens is 467 g/mol. The SMILES string of the molecule is COC(=O)C1=C(C(=O)OC)N(c2ccc(Cl)c(Cl)c2C#N)C(N)=C(C#N)C1c1ccccc1.